The third-order valence-corrected chi connectivity index (χ3v) is 1.92. The molecule has 0 bridgehead atoms. The Labute approximate surface area is 102 Å². The van der Waals surface area contributed by atoms with Gasteiger partial charge < -0.3 is 5.11 Å². The van der Waals surface area contributed by atoms with Crippen LogP contribution in [0.3, 0.4) is 0 Å². The van der Waals surface area contributed by atoms with Crippen LogP contribution in [0.15, 0.2) is 18.2 Å². The van der Waals surface area contributed by atoms with E-state index in [-0.39, 0.29) is 10.7 Å². The van der Waals surface area contributed by atoms with Gasteiger partial charge in [-0.25, -0.2) is 4.79 Å². The van der Waals surface area contributed by atoms with Crippen LogP contribution in [-0.2, 0) is 9.59 Å². The van der Waals surface area contributed by atoms with Crippen molar-refractivity contribution in [1.29, 1.82) is 0 Å². The van der Waals surface area contributed by atoms with Crippen LogP contribution in [0.5, 0.6) is 0 Å². The van der Waals surface area contributed by atoms with Gasteiger partial charge in [-0.3, -0.25) is 14.9 Å². The van der Waals surface area contributed by atoms with Crippen LogP contribution < -0.4 is 0 Å². The van der Waals surface area contributed by atoms with Gasteiger partial charge in [-0.1, -0.05) is 17.7 Å². The third-order valence-electron chi connectivity index (χ3n) is 1.60. The van der Waals surface area contributed by atoms with Gasteiger partial charge in [0.25, 0.3) is 5.69 Å². The van der Waals surface area contributed by atoms with Gasteiger partial charge in [-0.15, -0.1) is 0 Å². The number of carbonyl (C=O) groups is 2. The zero-order valence-electron chi connectivity index (χ0n) is 9.14. The van der Waals surface area contributed by atoms with Crippen LogP contribution >= 0.6 is 11.6 Å². The number of carboxylic acid groups (broad SMARTS) is 1. The van der Waals surface area contributed by atoms with E-state index in [4.69, 9.17) is 16.7 Å². The molecule has 6 nitrogen and oxygen atoms in total. The number of aryl methyl sites for hydroxylation is 1. The van der Waals surface area contributed by atoms with Crippen LogP contribution in [0.2, 0.25) is 5.02 Å². The Morgan fingerprint density at radius 1 is 1.41 bits per heavy atom. The first-order chi connectivity index (χ1) is 7.75. The highest BCUT2D eigenvalue weighted by Gasteiger charge is 2.10. The number of hydrogen-bond donors (Lipinski definition) is 1. The summed E-state index contributed by atoms with van der Waals surface area (Å²) in [4.78, 5) is 28.7. The molecule has 0 aliphatic heterocycles. The number of nitro benzene ring substituents is 1. The molecule has 7 heteroatoms. The molecule has 0 aliphatic rings. The second-order valence-corrected chi connectivity index (χ2v) is 3.48. The van der Waals surface area contributed by atoms with E-state index in [2.05, 4.69) is 0 Å². The molecule has 0 amide bonds. The van der Waals surface area contributed by atoms with Crippen molar-refractivity contribution in [2.45, 2.75) is 13.8 Å². The SMILES string of the molecule is CC(=O)C(=O)O.Cc1ccc(Cl)c([N+](=O)[O-])c1. The molecule has 0 saturated carbocycles. The van der Waals surface area contributed by atoms with Crippen LogP contribution in [0.4, 0.5) is 5.69 Å². The molecular formula is C10H10ClNO5. The molecule has 1 aromatic carbocycles. The summed E-state index contributed by atoms with van der Waals surface area (Å²) < 4.78 is 0. The standard InChI is InChI=1S/C7H6ClNO2.C3H4O3/c1-5-2-3-6(8)7(4-5)9(10)11;1-2(4)3(5)6/h2-4H,1H3;1H3,(H,5,6). The Balaban J connectivity index is 0.000000366. The number of hydrogen-bond acceptors (Lipinski definition) is 4. The minimum Gasteiger partial charge on any atom is -0.476 e. The average Bonchev–Trinajstić information content (AvgIpc) is 2.22. The summed E-state index contributed by atoms with van der Waals surface area (Å²) in [7, 11) is 0. The minimum absolute atomic E-state index is 0.0355. The van der Waals surface area contributed by atoms with Crippen molar-refractivity contribution in [3.63, 3.8) is 0 Å². The lowest BCUT2D eigenvalue weighted by Gasteiger charge is -1.94. The molecule has 0 heterocycles. The lowest BCUT2D eigenvalue weighted by molar-refractivity contribution is -0.384. The molecule has 17 heavy (non-hydrogen) atoms. The van der Waals surface area contributed by atoms with Gasteiger partial charge in [0.15, 0.2) is 0 Å². The summed E-state index contributed by atoms with van der Waals surface area (Å²) in [6, 6.07) is 4.70. The summed E-state index contributed by atoms with van der Waals surface area (Å²) >= 11 is 5.55. The first-order valence-electron chi connectivity index (χ1n) is 4.40. The van der Waals surface area contributed by atoms with E-state index in [0.717, 1.165) is 12.5 Å². The third kappa shape index (κ3) is 5.62. The zero-order chi connectivity index (χ0) is 13.6. The van der Waals surface area contributed by atoms with Crippen molar-refractivity contribution in [3.8, 4) is 0 Å². The lowest BCUT2D eigenvalue weighted by atomic mass is 10.2. The van der Waals surface area contributed by atoms with E-state index in [0.29, 0.717) is 0 Å². The van der Waals surface area contributed by atoms with E-state index in [9.17, 15) is 19.7 Å². The average molecular weight is 260 g/mol. The second-order valence-electron chi connectivity index (χ2n) is 3.07. The predicted octanol–water partition coefficient (Wildman–Crippen LogP) is 2.22. The van der Waals surface area contributed by atoms with E-state index >= 15 is 0 Å². The van der Waals surface area contributed by atoms with Gasteiger partial charge >= 0.3 is 5.97 Å². The highest BCUT2D eigenvalue weighted by Crippen LogP contribution is 2.24. The maximum absolute atomic E-state index is 10.3. The van der Waals surface area contributed by atoms with Crippen molar-refractivity contribution in [1.82, 2.24) is 0 Å². The van der Waals surface area contributed by atoms with Gasteiger partial charge in [0.1, 0.15) is 5.02 Å². The second kappa shape index (κ2) is 6.59. The molecule has 0 unspecified atom stereocenters. The Morgan fingerprint density at radius 3 is 2.18 bits per heavy atom. The van der Waals surface area contributed by atoms with Crippen LogP contribution in [0, 0.1) is 17.0 Å². The molecular weight excluding hydrogens is 250 g/mol. The fourth-order valence-corrected chi connectivity index (χ4v) is 0.949. The van der Waals surface area contributed by atoms with E-state index in [1.54, 1.807) is 13.0 Å². The molecule has 1 N–H and O–H groups in total. The molecule has 0 spiro atoms. The molecule has 0 radical (unpaired) electrons. The van der Waals surface area contributed by atoms with E-state index in [1.165, 1.54) is 12.1 Å². The number of ketones is 1. The lowest BCUT2D eigenvalue weighted by Crippen LogP contribution is -2.05. The van der Waals surface area contributed by atoms with Crippen LogP contribution in [0.1, 0.15) is 12.5 Å². The number of benzene rings is 1. The molecule has 0 fully saturated rings. The maximum Gasteiger partial charge on any atom is 0.371 e. The summed E-state index contributed by atoms with van der Waals surface area (Å²) in [6.45, 7) is 2.78. The zero-order valence-corrected chi connectivity index (χ0v) is 9.89. The molecule has 0 atom stereocenters. The smallest absolute Gasteiger partial charge is 0.371 e. The first kappa shape index (κ1) is 15.0. The number of carboxylic acids is 1. The fraction of sp³-hybridized carbons (Fsp3) is 0.200. The summed E-state index contributed by atoms with van der Waals surface area (Å²) in [5.41, 5.74) is 0.799. The Hall–Kier alpha value is -1.95. The van der Waals surface area contributed by atoms with Crippen LogP contribution in [-0.4, -0.2) is 21.8 Å². The van der Waals surface area contributed by atoms with Gasteiger partial charge in [0, 0.05) is 13.0 Å². The molecule has 0 aliphatic carbocycles. The van der Waals surface area contributed by atoms with Crippen molar-refractivity contribution >= 4 is 29.0 Å². The normalized spacial score (nSPS) is 8.88. The number of nitrogens with zero attached hydrogens (tertiary/aromatic N) is 1. The molecule has 1 aromatic rings. The topological polar surface area (TPSA) is 97.5 Å². The Bertz CT molecular complexity index is 446. The Morgan fingerprint density at radius 2 is 1.88 bits per heavy atom. The van der Waals surface area contributed by atoms with Gasteiger partial charge in [0.05, 0.1) is 4.92 Å². The largest absolute Gasteiger partial charge is 0.476 e. The highest BCUT2D eigenvalue weighted by molar-refractivity contribution is 6.32. The van der Waals surface area contributed by atoms with Crippen molar-refractivity contribution in [2.75, 3.05) is 0 Å². The summed E-state index contributed by atoms with van der Waals surface area (Å²) in [5.74, 6) is -2.20. The predicted molar refractivity (Wildman–Crippen MR) is 61.2 cm³/mol. The first-order valence-corrected chi connectivity index (χ1v) is 4.78. The molecule has 0 aromatic heterocycles. The monoisotopic (exact) mass is 259 g/mol. The molecule has 92 valence electrons. The fourth-order valence-electron chi connectivity index (χ4n) is 0.763. The molecule has 0 saturated heterocycles. The number of Topliss-reactive ketones (excluding diaryl/α,β-unsaturated/α-hetero) is 1. The van der Waals surface area contributed by atoms with Crippen molar-refractivity contribution in [3.05, 3.63) is 38.9 Å². The quantitative estimate of drug-likeness (QED) is 0.499. The van der Waals surface area contributed by atoms with Gasteiger partial charge in [0.2, 0.25) is 5.78 Å². The van der Waals surface area contributed by atoms with E-state index < -0.39 is 16.7 Å². The number of rotatable bonds is 2. The summed E-state index contributed by atoms with van der Waals surface area (Å²) in [6.07, 6.45) is 0. The summed E-state index contributed by atoms with van der Waals surface area (Å²) in [5, 5.41) is 18.1. The number of nitro groups is 1. The van der Waals surface area contributed by atoms with Gasteiger partial charge in [-0.05, 0) is 18.6 Å². The molecule has 1 rings (SSSR count). The van der Waals surface area contributed by atoms with E-state index in [1.807, 2.05) is 0 Å². The van der Waals surface area contributed by atoms with Crippen LogP contribution in [0.25, 0.3) is 0 Å². The van der Waals surface area contributed by atoms with Crippen molar-refractivity contribution in [2.24, 2.45) is 0 Å². The maximum atomic E-state index is 10.3. The number of carbonyl (C=O) groups excluding carboxylic acids is 1. The highest BCUT2D eigenvalue weighted by atomic mass is 35.5. The minimum atomic E-state index is -1.38. The van der Waals surface area contributed by atoms with Gasteiger partial charge in [-0.2, -0.15) is 0 Å². The number of aliphatic carboxylic acids is 1. The number of halogens is 1. The Kier molecular flexibility index (Phi) is 5.84. The van der Waals surface area contributed by atoms with Crippen molar-refractivity contribution < 1.29 is 19.6 Å².